The van der Waals surface area contributed by atoms with Gasteiger partial charge in [-0.1, -0.05) is 22.8 Å². The van der Waals surface area contributed by atoms with Gasteiger partial charge >= 0.3 is 5.97 Å². The van der Waals surface area contributed by atoms with Gasteiger partial charge in [0.15, 0.2) is 5.76 Å². The number of aromatic nitrogens is 1. The fourth-order valence-corrected chi connectivity index (χ4v) is 2.20. The lowest BCUT2D eigenvalue weighted by Crippen LogP contribution is -2.09. The van der Waals surface area contributed by atoms with Crippen LogP contribution in [0, 0.1) is 5.82 Å². The van der Waals surface area contributed by atoms with Gasteiger partial charge in [-0.25, -0.2) is 4.39 Å². The van der Waals surface area contributed by atoms with Crippen molar-refractivity contribution in [2.24, 2.45) is 0 Å². The Balaban J connectivity index is 1.59. The Morgan fingerprint density at radius 3 is 2.87 bits per heavy atom. The fraction of sp³-hybridized carbons (Fsp3) is 0.125. The Hall–Kier alpha value is -2.60. The lowest BCUT2D eigenvalue weighted by molar-refractivity contribution is -0.144. The molecule has 0 aliphatic heterocycles. The molecular weight excluding hydrogens is 325 g/mol. The van der Waals surface area contributed by atoms with Gasteiger partial charge in [0.1, 0.15) is 18.1 Å². The molecule has 0 aliphatic carbocycles. The van der Waals surface area contributed by atoms with Crippen LogP contribution in [0.3, 0.4) is 0 Å². The van der Waals surface area contributed by atoms with Crippen molar-refractivity contribution in [1.82, 2.24) is 5.16 Å². The highest BCUT2D eigenvalue weighted by Crippen LogP contribution is 2.22. The number of furan rings is 1. The van der Waals surface area contributed by atoms with Gasteiger partial charge in [0, 0.05) is 16.7 Å². The molecular formula is C16H11ClFNO4. The second-order valence-electron chi connectivity index (χ2n) is 4.70. The van der Waals surface area contributed by atoms with Crippen LogP contribution in [0.25, 0.3) is 11.5 Å². The molecule has 5 nitrogen and oxygen atoms in total. The smallest absolute Gasteiger partial charge is 0.310 e. The predicted octanol–water partition coefficient (Wildman–Crippen LogP) is 4.01. The van der Waals surface area contributed by atoms with E-state index in [1.807, 2.05) is 0 Å². The van der Waals surface area contributed by atoms with Gasteiger partial charge in [-0.3, -0.25) is 4.79 Å². The number of carbonyl (C=O) groups excluding carboxylic acids is 1. The quantitative estimate of drug-likeness (QED) is 0.659. The summed E-state index contributed by atoms with van der Waals surface area (Å²) in [6, 6.07) is 9.26. The molecule has 0 saturated heterocycles. The first-order valence-electron chi connectivity index (χ1n) is 6.71. The molecule has 0 aliphatic rings. The SMILES string of the molecule is O=C(Cc1c(F)cccc1Cl)OCc1cc(-c2ccco2)on1. The van der Waals surface area contributed by atoms with Gasteiger partial charge in [0.2, 0.25) is 5.76 Å². The summed E-state index contributed by atoms with van der Waals surface area (Å²) in [6.07, 6.45) is 1.25. The minimum absolute atomic E-state index is 0.0882. The van der Waals surface area contributed by atoms with Crippen LogP contribution >= 0.6 is 11.6 Å². The molecule has 23 heavy (non-hydrogen) atoms. The Morgan fingerprint density at radius 2 is 2.13 bits per heavy atom. The monoisotopic (exact) mass is 335 g/mol. The Kier molecular flexibility index (Phi) is 4.43. The Labute approximate surface area is 135 Å². The van der Waals surface area contributed by atoms with Crippen molar-refractivity contribution in [3.8, 4) is 11.5 Å². The van der Waals surface area contributed by atoms with Crippen LogP contribution in [0.15, 0.2) is 51.6 Å². The second kappa shape index (κ2) is 6.66. The zero-order valence-electron chi connectivity index (χ0n) is 11.8. The molecule has 0 fully saturated rings. The number of rotatable bonds is 5. The summed E-state index contributed by atoms with van der Waals surface area (Å²) in [5.41, 5.74) is 0.528. The van der Waals surface area contributed by atoms with E-state index < -0.39 is 11.8 Å². The van der Waals surface area contributed by atoms with E-state index in [4.69, 9.17) is 25.3 Å². The molecule has 0 amide bonds. The van der Waals surface area contributed by atoms with Crippen LogP contribution in [-0.2, 0) is 22.6 Å². The average molecular weight is 336 g/mol. The third-order valence-electron chi connectivity index (χ3n) is 3.09. The maximum absolute atomic E-state index is 13.6. The number of esters is 1. The largest absolute Gasteiger partial charge is 0.461 e. The van der Waals surface area contributed by atoms with Gasteiger partial charge in [0.05, 0.1) is 12.7 Å². The highest BCUT2D eigenvalue weighted by Gasteiger charge is 2.15. The van der Waals surface area contributed by atoms with E-state index in [2.05, 4.69) is 5.16 Å². The molecule has 3 rings (SSSR count). The number of halogens is 2. The van der Waals surface area contributed by atoms with Gasteiger partial charge in [0.25, 0.3) is 0 Å². The van der Waals surface area contributed by atoms with Crippen LogP contribution in [0.1, 0.15) is 11.3 Å². The maximum atomic E-state index is 13.6. The number of carbonyl (C=O) groups is 1. The van der Waals surface area contributed by atoms with Crippen molar-refractivity contribution >= 4 is 17.6 Å². The molecule has 0 saturated carbocycles. The van der Waals surface area contributed by atoms with E-state index in [-0.39, 0.29) is 23.6 Å². The summed E-state index contributed by atoms with van der Waals surface area (Å²) in [6.45, 7) is -0.0882. The number of hydrogen-bond acceptors (Lipinski definition) is 5. The molecule has 3 aromatic rings. The highest BCUT2D eigenvalue weighted by atomic mass is 35.5. The van der Waals surface area contributed by atoms with Gasteiger partial charge in [-0.2, -0.15) is 0 Å². The number of benzene rings is 1. The van der Waals surface area contributed by atoms with Crippen LogP contribution in [0.4, 0.5) is 4.39 Å². The van der Waals surface area contributed by atoms with Crippen LogP contribution in [0.2, 0.25) is 5.02 Å². The summed E-state index contributed by atoms with van der Waals surface area (Å²) in [5, 5.41) is 3.96. The molecule has 1 aromatic carbocycles. The van der Waals surface area contributed by atoms with Crippen molar-refractivity contribution in [2.75, 3.05) is 0 Å². The van der Waals surface area contributed by atoms with Crippen LogP contribution in [-0.4, -0.2) is 11.1 Å². The molecule has 2 heterocycles. The van der Waals surface area contributed by atoms with Crippen molar-refractivity contribution in [2.45, 2.75) is 13.0 Å². The third kappa shape index (κ3) is 3.60. The minimum Gasteiger partial charge on any atom is -0.461 e. The van der Waals surface area contributed by atoms with E-state index in [1.165, 1.54) is 24.5 Å². The Morgan fingerprint density at radius 1 is 1.26 bits per heavy atom. The van der Waals surface area contributed by atoms with E-state index in [0.29, 0.717) is 17.2 Å². The molecule has 0 atom stereocenters. The Bertz CT molecular complexity index is 793. The number of ether oxygens (including phenoxy) is 1. The zero-order valence-corrected chi connectivity index (χ0v) is 12.5. The van der Waals surface area contributed by atoms with Crippen LogP contribution in [0.5, 0.6) is 0 Å². The molecule has 0 N–H and O–H groups in total. The summed E-state index contributed by atoms with van der Waals surface area (Å²) < 4.78 is 28.9. The molecule has 7 heteroatoms. The molecule has 0 bridgehead atoms. The summed E-state index contributed by atoms with van der Waals surface area (Å²) in [7, 11) is 0. The van der Waals surface area contributed by atoms with Gasteiger partial charge in [-0.05, 0) is 24.3 Å². The average Bonchev–Trinajstić information content (AvgIpc) is 3.19. The van der Waals surface area contributed by atoms with Gasteiger partial charge in [-0.15, -0.1) is 0 Å². The van der Waals surface area contributed by atoms with Gasteiger partial charge < -0.3 is 13.7 Å². The number of nitrogens with zero attached hydrogens (tertiary/aromatic N) is 1. The predicted molar refractivity (Wildman–Crippen MR) is 79.1 cm³/mol. The molecule has 0 radical (unpaired) electrons. The highest BCUT2D eigenvalue weighted by molar-refractivity contribution is 6.31. The van der Waals surface area contributed by atoms with E-state index in [9.17, 15) is 9.18 Å². The van der Waals surface area contributed by atoms with Crippen LogP contribution < -0.4 is 0 Å². The fourth-order valence-electron chi connectivity index (χ4n) is 1.97. The third-order valence-corrected chi connectivity index (χ3v) is 3.44. The lowest BCUT2D eigenvalue weighted by atomic mass is 10.1. The van der Waals surface area contributed by atoms with Crippen molar-refractivity contribution in [3.05, 3.63) is 64.8 Å². The summed E-state index contributed by atoms with van der Waals surface area (Å²) in [4.78, 5) is 11.8. The molecule has 0 unspecified atom stereocenters. The van der Waals surface area contributed by atoms with Crippen molar-refractivity contribution in [1.29, 1.82) is 0 Å². The summed E-state index contributed by atoms with van der Waals surface area (Å²) in [5.74, 6) is -0.207. The van der Waals surface area contributed by atoms with E-state index in [0.717, 1.165) is 0 Å². The first kappa shape index (κ1) is 15.3. The summed E-state index contributed by atoms with van der Waals surface area (Å²) >= 11 is 5.87. The molecule has 2 aromatic heterocycles. The number of hydrogen-bond donors (Lipinski definition) is 0. The molecule has 0 spiro atoms. The topological polar surface area (TPSA) is 65.5 Å². The first-order chi connectivity index (χ1) is 11.1. The molecule has 118 valence electrons. The maximum Gasteiger partial charge on any atom is 0.310 e. The van der Waals surface area contributed by atoms with E-state index >= 15 is 0 Å². The van der Waals surface area contributed by atoms with E-state index in [1.54, 1.807) is 18.2 Å². The second-order valence-corrected chi connectivity index (χ2v) is 5.10. The van der Waals surface area contributed by atoms with Crippen molar-refractivity contribution < 1.29 is 22.9 Å². The minimum atomic E-state index is -0.612. The first-order valence-corrected chi connectivity index (χ1v) is 7.09. The zero-order chi connectivity index (χ0) is 16.2. The standard InChI is InChI=1S/C16H11ClFNO4/c17-12-3-1-4-13(18)11(12)8-16(20)22-9-10-7-15(23-19-10)14-5-2-6-21-14/h1-7H,8-9H2. The lowest BCUT2D eigenvalue weighted by Gasteiger charge is -2.05. The van der Waals surface area contributed by atoms with Crippen molar-refractivity contribution in [3.63, 3.8) is 0 Å². The normalized spacial score (nSPS) is 10.7.